The van der Waals surface area contributed by atoms with Crippen molar-refractivity contribution in [2.75, 3.05) is 5.88 Å². The third-order valence-electron chi connectivity index (χ3n) is 2.91. The second-order valence-electron chi connectivity index (χ2n) is 4.22. The third kappa shape index (κ3) is 3.27. The first-order chi connectivity index (χ1) is 8.64. The lowest BCUT2D eigenvalue weighted by atomic mass is 9.87. The molecule has 0 fully saturated rings. The maximum atomic E-state index is 10.8. The average molecular weight is 301 g/mol. The molecule has 4 heteroatoms. The molecule has 1 aromatic heterocycles. The molecule has 2 aromatic rings. The van der Waals surface area contributed by atoms with E-state index in [4.69, 9.17) is 23.2 Å². The molecule has 0 aliphatic carbocycles. The Kier molecular flexibility index (Phi) is 4.68. The first kappa shape index (κ1) is 13.9. The summed E-state index contributed by atoms with van der Waals surface area (Å²) in [6, 6.07) is 13.5. The van der Waals surface area contributed by atoms with Gasteiger partial charge in [0.2, 0.25) is 0 Å². The van der Waals surface area contributed by atoms with Crippen molar-refractivity contribution in [1.82, 2.24) is 0 Å². The van der Waals surface area contributed by atoms with Gasteiger partial charge in [-0.1, -0.05) is 41.9 Å². The van der Waals surface area contributed by atoms with Crippen LogP contribution >= 0.6 is 34.5 Å². The van der Waals surface area contributed by atoms with E-state index in [9.17, 15) is 5.11 Å². The molecule has 1 nitrogen and oxygen atoms in total. The van der Waals surface area contributed by atoms with Crippen molar-refractivity contribution in [2.45, 2.75) is 18.4 Å². The molecular formula is C14H14Cl2OS. The van der Waals surface area contributed by atoms with Crippen LogP contribution in [0.3, 0.4) is 0 Å². The Balaban J connectivity index is 2.26. The number of halogens is 2. The van der Waals surface area contributed by atoms with E-state index in [-0.39, 0.29) is 0 Å². The molecule has 0 aliphatic rings. The second-order valence-corrected chi connectivity index (χ2v) is 6.40. The second kappa shape index (κ2) is 6.07. The zero-order valence-corrected chi connectivity index (χ0v) is 12.1. The Morgan fingerprint density at radius 2 is 1.83 bits per heavy atom. The van der Waals surface area contributed by atoms with Crippen LogP contribution in [0.1, 0.15) is 16.9 Å². The van der Waals surface area contributed by atoms with Crippen molar-refractivity contribution in [2.24, 2.45) is 0 Å². The smallest absolute Gasteiger partial charge is 0.0955 e. The third-order valence-corrected chi connectivity index (χ3v) is 4.33. The maximum absolute atomic E-state index is 10.8. The molecule has 1 heterocycles. The minimum absolute atomic E-state index is 0.421. The zero-order valence-electron chi connectivity index (χ0n) is 9.77. The topological polar surface area (TPSA) is 20.2 Å². The summed E-state index contributed by atoms with van der Waals surface area (Å²) < 4.78 is 0.742. The monoisotopic (exact) mass is 300 g/mol. The van der Waals surface area contributed by atoms with Crippen LogP contribution < -0.4 is 0 Å². The van der Waals surface area contributed by atoms with Crippen molar-refractivity contribution < 1.29 is 5.11 Å². The van der Waals surface area contributed by atoms with Crippen LogP contribution in [-0.4, -0.2) is 11.0 Å². The van der Waals surface area contributed by atoms with Crippen LogP contribution in [0.5, 0.6) is 0 Å². The summed E-state index contributed by atoms with van der Waals surface area (Å²) in [5, 5.41) is 10.8. The Bertz CT molecular complexity index is 498. The number of alkyl halides is 1. The van der Waals surface area contributed by atoms with Crippen molar-refractivity contribution in [3.05, 3.63) is 57.2 Å². The highest BCUT2D eigenvalue weighted by Crippen LogP contribution is 2.33. The highest BCUT2D eigenvalue weighted by atomic mass is 35.5. The molecule has 1 N–H and O–H groups in total. The lowest BCUT2D eigenvalue weighted by Gasteiger charge is -2.27. The van der Waals surface area contributed by atoms with Gasteiger partial charge in [0, 0.05) is 17.2 Å². The van der Waals surface area contributed by atoms with Crippen LogP contribution in [0.4, 0.5) is 0 Å². The van der Waals surface area contributed by atoms with Crippen molar-refractivity contribution in [1.29, 1.82) is 0 Å². The van der Waals surface area contributed by atoms with E-state index in [2.05, 4.69) is 0 Å². The molecule has 0 spiro atoms. The summed E-state index contributed by atoms with van der Waals surface area (Å²) >= 11 is 13.2. The molecule has 0 saturated heterocycles. The Labute approximate surface area is 121 Å². The summed E-state index contributed by atoms with van der Waals surface area (Å²) in [6.07, 6.45) is 1.06. The van der Waals surface area contributed by atoms with E-state index in [1.54, 1.807) is 0 Å². The molecule has 1 atom stereocenters. The fraction of sp³-hybridized carbons (Fsp3) is 0.286. The number of benzene rings is 1. The van der Waals surface area contributed by atoms with Crippen LogP contribution in [0.25, 0.3) is 0 Å². The average Bonchev–Trinajstić information content (AvgIpc) is 2.76. The van der Waals surface area contributed by atoms with Gasteiger partial charge in [0.25, 0.3) is 0 Å². The molecular weight excluding hydrogens is 287 g/mol. The van der Waals surface area contributed by atoms with Gasteiger partial charge in [-0.2, -0.15) is 0 Å². The number of hydrogen-bond acceptors (Lipinski definition) is 2. The van der Waals surface area contributed by atoms with Gasteiger partial charge in [-0.3, -0.25) is 0 Å². The fourth-order valence-corrected chi connectivity index (χ4v) is 3.48. The molecule has 2 rings (SSSR count). The highest BCUT2D eigenvalue weighted by Gasteiger charge is 2.29. The molecule has 0 amide bonds. The van der Waals surface area contributed by atoms with Crippen molar-refractivity contribution in [3.63, 3.8) is 0 Å². The van der Waals surface area contributed by atoms with Gasteiger partial charge in [-0.05, 0) is 24.1 Å². The maximum Gasteiger partial charge on any atom is 0.0955 e. The SMILES string of the molecule is OC(CCCl)(Cc1ccc(Cl)s1)c1ccccc1. The molecule has 0 bridgehead atoms. The first-order valence-electron chi connectivity index (χ1n) is 5.72. The Morgan fingerprint density at radius 3 is 2.39 bits per heavy atom. The van der Waals surface area contributed by atoms with Crippen molar-refractivity contribution >= 4 is 34.5 Å². The van der Waals surface area contributed by atoms with Crippen molar-refractivity contribution in [3.8, 4) is 0 Å². The quantitative estimate of drug-likeness (QED) is 0.808. The number of rotatable bonds is 5. The molecule has 96 valence electrons. The lowest BCUT2D eigenvalue weighted by molar-refractivity contribution is 0.0344. The van der Waals surface area contributed by atoms with E-state index in [0.29, 0.717) is 18.7 Å². The van der Waals surface area contributed by atoms with E-state index >= 15 is 0 Å². The predicted octanol–water partition coefficient (Wildman–Crippen LogP) is 4.46. The van der Waals surface area contributed by atoms with Gasteiger partial charge in [0.15, 0.2) is 0 Å². The predicted molar refractivity (Wildman–Crippen MR) is 78.7 cm³/mol. The molecule has 0 radical (unpaired) electrons. The molecule has 0 aliphatic heterocycles. The first-order valence-corrected chi connectivity index (χ1v) is 7.45. The van der Waals surface area contributed by atoms with Crippen LogP contribution in [0, 0.1) is 0 Å². The summed E-state index contributed by atoms with van der Waals surface area (Å²) in [4.78, 5) is 1.07. The minimum Gasteiger partial charge on any atom is -0.385 e. The normalized spacial score (nSPS) is 14.4. The Morgan fingerprint density at radius 1 is 1.11 bits per heavy atom. The van der Waals surface area contributed by atoms with E-state index in [1.807, 2.05) is 42.5 Å². The van der Waals surface area contributed by atoms with Crippen LogP contribution in [0.15, 0.2) is 42.5 Å². The molecule has 1 aromatic carbocycles. The van der Waals surface area contributed by atoms with Gasteiger partial charge < -0.3 is 5.11 Å². The minimum atomic E-state index is -0.919. The summed E-state index contributed by atoms with van der Waals surface area (Å²) in [6.45, 7) is 0. The lowest BCUT2D eigenvalue weighted by Crippen LogP contribution is -2.28. The number of thiophene rings is 1. The van der Waals surface area contributed by atoms with E-state index < -0.39 is 5.60 Å². The summed E-state index contributed by atoms with van der Waals surface area (Å²) in [7, 11) is 0. The Hall–Kier alpha value is -0.540. The van der Waals surface area contributed by atoms with Crippen LogP contribution in [-0.2, 0) is 12.0 Å². The standard InChI is InChI=1S/C14H14Cl2OS/c15-9-8-14(17,11-4-2-1-3-5-11)10-12-6-7-13(16)18-12/h1-7,17H,8-10H2. The largest absolute Gasteiger partial charge is 0.385 e. The summed E-state index contributed by atoms with van der Waals surface area (Å²) in [5.74, 6) is 0.421. The fourth-order valence-electron chi connectivity index (χ4n) is 1.97. The number of aliphatic hydroxyl groups is 1. The molecule has 1 unspecified atom stereocenters. The van der Waals surface area contributed by atoms with Gasteiger partial charge in [0.1, 0.15) is 0 Å². The van der Waals surface area contributed by atoms with Gasteiger partial charge in [0.05, 0.1) is 9.94 Å². The van der Waals surface area contributed by atoms with Gasteiger partial charge >= 0.3 is 0 Å². The van der Waals surface area contributed by atoms with Gasteiger partial charge in [-0.25, -0.2) is 0 Å². The van der Waals surface area contributed by atoms with E-state index in [0.717, 1.165) is 14.8 Å². The van der Waals surface area contributed by atoms with E-state index in [1.165, 1.54) is 11.3 Å². The zero-order chi connectivity index (χ0) is 13.0. The number of hydrogen-bond donors (Lipinski definition) is 1. The molecule has 0 saturated carbocycles. The highest BCUT2D eigenvalue weighted by molar-refractivity contribution is 7.16. The van der Waals surface area contributed by atoms with Gasteiger partial charge in [-0.15, -0.1) is 22.9 Å². The van der Waals surface area contributed by atoms with Crippen LogP contribution in [0.2, 0.25) is 4.34 Å². The molecule has 18 heavy (non-hydrogen) atoms. The summed E-state index contributed by atoms with van der Waals surface area (Å²) in [5.41, 5.74) is -0.0211.